The minimum atomic E-state index is -0.630. The molecule has 1 fully saturated rings. The van der Waals surface area contributed by atoms with E-state index in [1.54, 1.807) is 35.9 Å². The van der Waals surface area contributed by atoms with Crippen LogP contribution in [0, 0.1) is 0 Å². The summed E-state index contributed by atoms with van der Waals surface area (Å²) in [6.07, 6.45) is 3.27. The maximum Gasteiger partial charge on any atom is 0.318 e. The van der Waals surface area contributed by atoms with E-state index in [0.29, 0.717) is 18.8 Å². The zero-order valence-electron chi connectivity index (χ0n) is 15.1. The van der Waals surface area contributed by atoms with Crippen LogP contribution in [-0.2, 0) is 11.8 Å². The number of nitrogens with zero attached hydrogens (tertiary/aromatic N) is 4. The maximum atomic E-state index is 12.4. The lowest BCUT2D eigenvalue weighted by Gasteiger charge is -2.36. The number of amides is 3. The summed E-state index contributed by atoms with van der Waals surface area (Å²) in [5.41, 5.74) is 1.77. The van der Waals surface area contributed by atoms with Crippen molar-refractivity contribution in [2.75, 3.05) is 36.4 Å². The Morgan fingerprint density at radius 3 is 2.42 bits per heavy atom. The number of rotatable bonds is 4. The Balaban J connectivity index is 1.47. The Kier molecular flexibility index (Phi) is 5.40. The van der Waals surface area contributed by atoms with Crippen LogP contribution in [0.1, 0.15) is 6.92 Å². The highest BCUT2D eigenvalue weighted by molar-refractivity contribution is 5.96. The highest BCUT2D eigenvalue weighted by Crippen LogP contribution is 2.15. The molecule has 26 heavy (non-hydrogen) atoms. The Labute approximate surface area is 152 Å². The van der Waals surface area contributed by atoms with Crippen LogP contribution in [0.15, 0.2) is 42.7 Å². The Hall–Kier alpha value is -3.03. The van der Waals surface area contributed by atoms with Crippen LogP contribution < -0.4 is 15.5 Å². The molecule has 1 saturated heterocycles. The lowest BCUT2D eigenvalue weighted by Crippen LogP contribution is -2.54. The predicted octanol–water partition coefficient (Wildman–Crippen LogP) is 1.28. The van der Waals surface area contributed by atoms with Crippen LogP contribution in [0.2, 0.25) is 0 Å². The summed E-state index contributed by atoms with van der Waals surface area (Å²) >= 11 is 0. The number of hydrogen-bond donors (Lipinski definition) is 2. The number of carbonyl (C=O) groups excluding carboxylic acids is 2. The Morgan fingerprint density at radius 2 is 1.81 bits per heavy atom. The smallest absolute Gasteiger partial charge is 0.318 e. The molecule has 1 aromatic carbocycles. The number of nitrogens with one attached hydrogen (secondary N) is 2. The molecule has 0 saturated carbocycles. The molecule has 0 radical (unpaired) electrons. The molecule has 0 bridgehead atoms. The fraction of sp³-hybridized carbons (Fsp3) is 0.389. The van der Waals surface area contributed by atoms with Gasteiger partial charge in [-0.3, -0.25) is 9.48 Å². The summed E-state index contributed by atoms with van der Waals surface area (Å²) < 4.78 is 1.60. The van der Waals surface area contributed by atoms with Gasteiger partial charge in [-0.25, -0.2) is 4.79 Å². The van der Waals surface area contributed by atoms with Crippen molar-refractivity contribution in [3.05, 3.63) is 42.7 Å². The molecule has 2 aromatic rings. The summed E-state index contributed by atoms with van der Waals surface area (Å²) in [5.74, 6) is -0.269. The molecular weight excluding hydrogens is 332 g/mol. The van der Waals surface area contributed by atoms with Gasteiger partial charge in [-0.15, -0.1) is 0 Å². The van der Waals surface area contributed by atoms with E-state index in [1.165, 1.54) is 0 Å². The molecule has 0 spiro atoms. The number of hydrogen-bond acceptors (Lipinski definition) is 4. The van der Waals surface area contributed by atoms with Gasteiger partial charge in [0.15, 0.2) is 0 Å². The molecule has 3 rings (SSSR count). The van der Waals surface area contributed by atoms with E-state index < -0.39 is 6.04 Å². The van der Waals surface area contributed by atoms with E-state index in [-0.39, 0.29) is 11.9 Å². The maximum absolute atomic E-state index is 12.4. The normalized spacial score (nSPS) is 15.5. The first-order valence-corrected chi connectivity index (χ1v) is 8.68. The largest absolute Gasteiger partial charge is 0.368 e. The number of aryl methyl sites for hydroxylation is 1. The standard InChI is InChI=1S/C18H24N6O2/c1-14(17(25)21-15-12-19-22(2)13-15)20-18(26)24-10-8-23(9-11-24)16-6-4-3-5-7-16/h3-7,12-14H,8-11H2,1-2H3,(H,20,26)(H,21,25). The number of urea groups is 1. The molecule has 1 unspecified atom stereocenters. The highest BCUT2D eigenvalue weighted by atomic mass is 16.2. The fourth-order valence-corrected chi connectivity index (χ4v) is 2.88. The summed E-state index contributed by atoms with van der Waals surface area (Å²) in [5, 5.41) is 9.49. The molecule has 8 nitrogen and oxygen atoms in total. The molecule has 1 atom stereocenters. The van der Waals surface area contributed by atoms with Gasteiger partial charge in [0.2, 0.25) is 5.91 Å². The van der Waals surface area contributed by atoms with Gasteiger partial charge in [-0.05, 0) is 19.1 Å². The van der Waals surface area contributed by atoms with E-state index in [0.717, 1.165) is 18.8 Å². The first-order chi connectivity index (χ1) is 12.5. The zero-order valence-corrected chi connectivity index (χ0v) is 15.1. The highest BCUT2D eigenvalue weighted by Gasteiger charge is 2.24. The van der Waals surface area contributed by atoms with Crippen molar-refractivity contribution >= 4 is 23.3 Å². The molecule has 8 heteroatoms. The van der Waals surface area contributed by atoms with E-state index in [2.05, 4.69) is 32.8 Å². The van der Waals surface area contributed by atoms with Crippen molar-refractivity contribution in [3.8, 4) is 0 Å². The fourth-order valence-electron chi connectivity index (χ4n) is 2.88. The van der Waals surface area contributed by atoms with Crippen molar-refractivity contribution in [2.24, 2.45) is 7.05 Å². The molecule has 138 valence electrons. The van der Waals surface area contributed by atoms with Crippen molar-refractivity contribution < 1.29 is 9.59 Å². The van der Waals surface area contributed by atoms with Gasteiger partial charge in [0.1, 0.15) is 6.04 Å². The number of anilines is 2. The first-order valence-electron chi connectivity index (χ1n) is 8.68. The van der Waals surface area contributed by atoms with Crippen molar-refractivity contribution in [1.82, 2.24) is 20.0 Å². The predicted molar refractivity (Wildman–Crippen MR) is 100 cm³/mol. The van der Waals surface area contributed by atoms with Crippen LogP contribution in [0.4, 0.5) is 16.2 Å². The van der Waals surface area contributed by atoms with Gasteiger partial charge < -0.3 is 20.4 Å². The lowest BCUT2D eigenvalue weighted by molar-refractivity contribution is -0.117. The topological polar surface area (TPSA) is 82.5 Å². The minimum Gasteiger partial charge on any atom is -0.368 e. The number of aromatic nitrogens is 2. The first kappa shape index (κ1) is 17.8. The third kappa shape index (κ3) is 4.33. The van der Waals surface area contributed by atoms with Crippen molar-refractivity contribution in [2.45, 2.75) is 13.0 Å². The van der Waals surface area contributed by atoms with E-state index in [1.807, 2.05) is 18.2 Å². The monoisotopic (exact) mass is 356 g/mol. The molecule has 3 amide bonds. The Morgan fingerprint density at radius 1 is 1.12 bits per heavy atom. The molecule has 1 aliphatic heterocycles. The lowest BCUT2D eigenvalue weighted by atomic mass is 10.2. The van der Waals surface area contributed by atoms with Crippen LogP contribution in [0.5, 0.6) is 0 Å². The second-order valence-electron chi connectivity index (χ2n) is 6.37. The van der Waals surface area contributed by atoms with Crippen molar-refractivity contribution in [3.63, 3.8) is 0 Å². The number of carbonyl (C=O) groups is 2. The second kappa shape index (κ2) is 7.90. The second-order valence-corrected chi connectivity index (χ2v) is 6.37. The van der Waals surface area contributed by atoms with E-state index in [4.69, 9.17) is 0 Å². The number of benzene rings is 1. The van der Waals surface area contributed by atoms with Crippen LogP contribution in [0.25, 0.3) is 0 Å². The third-order valence-corrected chi connectivity index (χ3v) is 4.39. The summed E-state index contributed by atoms with van der Waals surface area (Å²) in [4.78, 5) is 28.6. The van der Waals surface area contributed by atoms with Gasteiger partial charge in [-0.2, -0.15) is 5.10 Å². The Bertz CT molecular complexity index is 752. The SMILES string of the molecule is CC(NC(=O)N1CCN(c2ccccc2)CC1)C(=O)Nc1cnn(C)c1. The summed E-state index contributed by atoms with van der Waals surface area (Å²) in [6.45, 7) is 4.46. The average Bonchev–Trinajstić information content (AvgIpc) is 3.07. The average molecular weight is 356 g/mol. The van der Waals surface area contributed by atoms with E-state index in [9.17, 15) is 9.59 Å². The van der Waals surface area contributed by atoms with Crippen LogP contribution >= 0.6 is 0 Å². The van der Waals surface area contributed by atoms with Gasteiger partial charge in [0, 0.05) is 45.1 Å². The zero-order chi connectivity index (χ0) is 18.5. The molecular formula is C18H24N6O2. The van der Waals surface area contributed by atoms with E-state index >= 15 is 0 Å². The third-order valence-electron chi connectivity index (χ3n) is 4.39. The van der Waals surface area contributed by atoms with Gasteiger partial charge in [0.05, 0.1) is 11.9 Å². The number of piperazine rings is 1. The molecule has 1 aromatic heterocycles. The minimum absolute atomic E-state index is 0.216. The number of para-hydroxylation sites is 1. The quantitative estimate of drug-likeness (QED) is 0.865. The van der Waals surface area contributed by atoms with Crippen molar-refractivity contribution in [1.29, 1.82) is 0 Å². The van der Waals surface area contributed by atoms with Crippen LogP contribution in [-0.4, -0.2) is 58.8 Å². The van der Waals surface area contributed by atoms with Gasteiger partial charge >= 0.3 is 6.03 Å². The molecule has 2 heterocycles. The van der Waals surface area contributed by atoms with Crippen LogP contribution in [0.3, 0.4) is 0 Å². The summed E-state index contributed by atoms with van der Waals surface area (Å²) in [7, 11) is 1.77. The van der Waals surface area contributed by atoms with Gasteiger partial charge in [-0.1, -0.05) is 18.2 Å². The van der Waals surface area contributed by atoms with Gasteiger partial charge in [0.25, 0.3) is 0 Å². The molecule has 1 aliphatic rings. The summed E-state index contributed by atoms with van der Waals surface area (Å²) in [6, 6.07) is 9.31. The molecule has 2 N–H and O–H groups in total. The molecule has 0 aliphatic carbocycles.